The van der Waals surface area contributed by atoms with E-state index >= 15 is 0 Å². The topological polar surface area (TPSA) is 87.7 Å². The Morgan fingerprint density at radius 2 is 1.92 bits per heavy atom. The van der Waals surface area contributed by atoms with Crippen molar-refractivity contribution >= 4 is 40.8 Å². The average molecular weight is 351 g/mol. The molecule has 0 spiro atoms. The van der Waals surface area contributed by atoms with Gasteiger partial charge >= 0.3 is 5.97 Å². The molecule has 2 N–H and O–H groups in total. The minimum Gasteiger partial charge on any atom is -0.466 e. The Bertz CT molecular complexity index is 632. The number of rotatable bonds is 6. The number of esters is 1. The van der Waals surface area contributed by atoms with Crippen LogP contribution in [0.3, 0.4) is 0 Å². The Balaban J connectivity index is 2.53. The molecule has 0 saturated heterocycles. The molecule has 0 aliphatic rings. The van der Waals surface area contributed by atoms with Crippen molar-refractivity contribution in [3.8, 4) is 0 Å². The summed E-state index contributed by atoms with van der Waals surface area (Å²) in [6, 6.07) is 6.77. The summed E-state index contributed by atoms with van der Waals surface area (Å²) < 4.78 is 4.74. The van der Waals surface area contributed by atoms with E-state index in [4.69, 9.17) is 17.0 Å². The zero-order valence-electron chi connectivity index (χ0n) is 13.9. The quantitative estimate of drug-likeness (QED) is 0.597. The lowest BCUT2D eigenvalue weighted by atomic mass is 10.2. The van der Waals surface area contributed by atoms with Gasteiger partial charge in [-0.15, -0.1) is 0 Å². The lowest BCUT2D eigenvalue weighted by Crippen LogP contribution is -2.34. The van der Waals surface area contributed by atoms with Crippen molar-refractivity contribution in [1.29, 1.82) is 0 Å². The normalized spacial score (nSPS) is 9.79. The standard InChI is InChI=1S/C16H21N3O4S/c1-4-23-14(21)9-8-13(20)18-16(24)17-12-7-5-6-11(10-12)15(22)19(2)3/h5-7,10H,4,8-9H2,1-3H3,(H2,17,18,20,24). The molecule has 0 aliphatic carbocycles. The summed E-state index contributed by atoms with van der Waals surface area (Å²) in [6.45, 7) is 1.98. The summed E-state index contributed by atoms with van der Waals surface area (Å²) in [5, 5.41) is 5.40. The SMILES string of the molecule is CCOC(=O)CCC(=O)NC(=S)Nc1cccc(C(=O)N(C)C)c1. The Morgan fingerprint density at radius 1 is 1.21 bits per heavy atom. The first-order chi connectivity index (χ1) is 11.3. The number of anilines is 1. The van der Waals surface area contributed by atoms with E-state index < -0.39 is 5.97 Å². The maximum absolute atomic E-state index is 11.9. The fourth-order valence-corrected chi connectivity index (χ4v) is 2.02. The average Bonchev–Trinajstić information content (AvgIpc) is 2.52. The molecule has 7 nitrogen and oxygen atoms in total. The van der Waals surface area contributed by atoms with Gasteiger partial charge in [-0.25, -0.2) is 0 Å². The summed E-state index contributed by atoms with van der Waals surface area (Å²) in [5.74, 6) is -0.953. The van der Waals surface area contributed by atoms with Crippen molar-refractivity contribution in [3.05, 3.63) is 29.8 Å². The van der Waals surface area contributed by atoms with E-state index in [1.807, 2.05) is 0 Å². The molecule has 0 atom stereocenters. The van der Waals surface area contributed by atoms with E-state index in [1.165, 1.54) is 4.90 Å². The summed E-state index contributed by atoms with van der Waals surface area (Å²) in [4.78, 5) is 36.3. The second kappa shape index (κ2) is 9.61. The van der Waals surface area contributed by atoms with Crippen molar-refractivity contribution in [2.45, 2.75) is 19.8 Å². The maximum atomic E-state index is 11.9. The van der Waals surface area contributed by atoms with Crippen LogP contribution in [-0.4, -0.2) is 48.5 Å². The lowest BCUT2D eigenvalue weighted by molar-refractivity contribution is -0.144. The molecule has 0 bridgehead atoms. The molecule has 0 fully saturated rings. The third-order valence-electron chi connectivity index (χ3n) is 2.89. The van der Waals surface area contributed by atoms with Gasteiger partial charge in [-0.2, -0.15) is 0 Å². The Labute approximate surface area is 146 Å². The number of benzene rings is 1. The number of hydrogen-bond acceptors (Lipinski definition) is 5. The van der Waals surface area contributed by atoms with E-state index in [1.54, 1.807) is 45.3 Å². The first-order valence-corrected chi connectivity index (χ1v) is 7.82. The van der Waals surface area contributed by atoms with Crippen LogP contribution < -0.4 is 10.6 Å². The van der Waals surface area contributed by atoms with Crippen LogP contribution in [0.5, 0.6) is 0 Å². The van der Waals surface area contributed by atoms with Gasteiger partial charge in [0.2, 0.25) is 5.91 Å². The molecule has 0 aliphatic heterocycles. The van der Waals surface area contributed by atoms with E-state index in [9.17, 15) is 14.4 Å². The van der Waals surface area contributed by atoms with Crippen LogP contribution in [-0.2, 0) is 14.3 Å². The molecule has 0 aromatic heterocycles. The van der Waals surface area contributed by atoms with Crippen LogP contribution in [0.1, 0.15) is 30.1 Å². The Morgan fingerprint density at radius 3 is 2.54 bits per heavy atom. The molecule has 0 saturated carbocycles. The molecular formula is C16H21N3O4S. The molecule has 0 radical (unpaired) electrons. The number of hydrogen-bond donors (Lipinski definition) is 2. The highest BCUT2D eigenvalue weighted by Gasteiger charge is 2.11. The van der Waals surface area contributed by atoms with Crippen LogP contribution in [0.2, 0.25) is 0 Å². The Hall–Kier alpha value is -2.48. The molecule has 0 heterocycles. The molecule has 1 aromatic carbocycles. The monoisotopic (exact) mass is 351 g/mol. The van der Waals surface area contributed by atoms with Crippen LogP contribution in [0.4, 0.5) is 5.69 Å². The van der Waals surface area contributed by atoms with E-state index in [-0.39, 0.29) is 36.4 Å². The fourth-order valence-electron chi connectivity index (χ4n) is 1.79. The van der Waals surface area contributed by atoms with Crippen LogP contribution >= 0.6 is 12.2 Å². The Kier molecular flexibility index (Phi) is 7.84. The van der Waals surface area contributed by atoms with Gasteiger partial charge in [-0.1, -0.05) is 6.07 Å². The van der Waals surface area contributed by atoms with Crippen molar-refractivity contribution in [2.75, 3.05) is 26.0 Å². The van der Waals surface area contributed by atoms with Crippen molar-refractivity contribution in [2.24, 2.45) is 0 Å². The van der Waals surface area contributed by atoms with Crippen LogP contribution in [0.25, 0.3) is 0 Å². The second-order valence-corrected chi connectivity index (χ2v) is 5.50. The fraction of sp³-hybridized carbons (Fsp3) is 0.375. The number of carbonyl (C=O) groups is 3. The predicted octanol–water partition coefficient (Wildman–Crippen LogP) is 1.54. The van der Waals surface area contributed by atoms with Crippen LogP contribution in [0.15, 0.2) is 24.3 Å². The zero-order valence-corrected chi connectivity index (χ0v) is 14.7. The zero-order chi connectivity index (χ0) is 18.1. The highest BCUT2D eigenvalue weighted by Crippen LogP contribution is 2.12. The first-order valence-electron chi connectivity index (χ1n) is 7.41. The largest absolute Gasteiger partial charge is 0.466 e. The van der Waals surface area contributed by atoms with Crippen LogP contribution in [0, 0.1) is 0 Å². The third-order valence-corrected chi connectivity index (χ3v) is 3.09. The lowest BCUT2D eigenvalue weighted by Gasteiger charge is -2.13. The highest BCUT2D eigenvalue weighted by atomic mass is 32.1. The van der Waals surface area contributed by atoms with Gasteiger partial charge in [-0.05, 0) is 37.3 Å². The number of carbonyl (C=O) groups excluding carboxylic acids is 3. The van der Waals surface area contributed by atoms with Crippen molar-refractivity contribution < 1.29 is 19.1 Å². The number of thiocarbonyl (C=S) groups is 1. The number of nitrogens with zero attached hydrogens (tertiary/aromatic N) is 1. The van der Waals surface area contributed by atoms with Gasteiger partial charge < -0.3 is 20.3 Å². The highest BCUT2D eigenvalue weighted by molar-refractivity contribution is 7.80. The van der Waals surface area contributed by atoms with Gasteiger partial charge in [0, 0.05) is 31.8 Å². The molecule has 24 heavy (non-hydrogen) atoms. The van der Waals surface area contributed by atoms with Gasteiger partial charge in [0.1, 0.15) is 0 Å². The number of amides is 2. The molecule has 1 aromatic rings. The molecule has 130 valence electrons. The van der Waals surface area contributed by atoms with Gasteiger partial charge in [-0.3, -0.25) is 14.4 Å². The smallest absolute Gasteiger partial charge is 0.306 e. The summed E-state index contributed by atoms with van der Waals surface area (Å²) in [7, 11) is 3.33. The summed E-state index contributed by atoms with van der Waals surface area (Å²) >= 11 is 5.05. The second-order valence-electron chi connectivity index (χ2n) is 5.09. The molecule has 1 rings (SSSR count). The minimum absolute atomic E-state index is 0.00485. The van der Waals surface area contributed by atoms with E-state index in [0.29, 0.717) is 11.3 Å². The molecule has 8 heteroatoms. The van der Waals surface area contributed by atoms with E-state index in [2.05, 4.69) is 10.6 Å². The van der Waals surface area contributed by atoms with Crippen molar-refractivity contribution in [1.82, 2.24) is 10.2 Å². The van der Waals surface area contributed by atoms with Gasteiger partial charge in [0.15, 0.2) is 5.11 Å². The van der Waals surface area contributed by atoms with E-state index in [0.717, 1.165) is 0 Å². The van der Waals surface area contributed by atoms with Gasteiger partial charge in [0.05, 0.1) is 13.0 Å². The predicted molar refractivity (Wildman–Crippen MR) is 94.7 cm³/mol. The molecule has 2 amide bonds. The maximum Gasteiger partial charge on any atom is 0.306 e. The van der Waals surface area contributed by atoms with Crippen molar-refractivity contribution in [3.63, 3.8) is 0 Å². The number of nitrogens with one attached hydrogen (secondary N) is 2. The molecular weight excluding hydrogens is 330 g/mol. The third kappa shape index (κ3) is 6.74. The summed E-state index contributed by atoms with van der Waals surface area (Å²) in [6.07, 6.45) is -0.0189. The first kappa shape index (κ1) is 19.6. The molecule has 0 unspecified atom stereocenters. The van der Waals surface area contributed by atoms with Gasteiger partial charge in [0.25, 0.3) is 5.91 Å². The summed E-state index contributed by atoms with van der Waals surface area (Å²) in [5.41, 5.74) is 1.08. The number of ether oxygens (including phenoxy) is 1. The minimum atomic E-state index is -0.429.